The summed E-state index contributed by atoms with van der Waals surface area (Å²) in [7, 11) is 0. The molecule has 9 atom stereocenters. The van der Waals surface area contributed by atoms with Crippen molar-refractivity contribution in [1.82, 2.24) is 0 Å². The zero-order valence-corrected chi connectivity index (χ0v) is 21.9. The molecule has 1 N–H and O–H groups in total. The molecule has 4 saturated carbocycles. The molecule has 4 fully saturated rings. The second kappa shape index (κ2) is 9.10. The highest BCUT2D eigenvalue weighted by Crippen LogP contribution is 2.71. The summed E-state index contributed by atoms with van der Waals surface area (Å²) in [5.41, 5.74) is -7.48. The summed E-state index contributed by atoms with van der Waals surface area (Å²) in [4.78, 5) is 38.5. The second-order valence-corrected chi connectivity index (χ2v) is 12.1. The first-order chi connectivity index (χ1) is 17.8. The SMILES string of the molecule is C[C@@H]1C[C@H]2[C@@H]3C[C@H](F)C4=CC(=O)C=C[C@]4(C)C3(F)[C@@H](O)C[C@]2(C)[C@]1(OC(=O)OC1CCCC1)C(=O)OCF. The van der Waals surface area contributed by atoms with Crippen molar-refractivity contribution in [3.63, 3.8) is 0 Å². The Morgan fingerprint density at radius 2 is 1.84 bits per heavy atom. The van der Waals surface area contributed by atoms with E-state index in [-0.39, 0.29) is 30.9 Å². The Morgan fingerprint density at radius 3 is 2.50 bits per heavy atom. The maximum atomic E-state index is 17.4. The molecule has 0 bridgehead atoms. The van der Waals surface area contributed by atoms with E-state index in [9.17, 15) is 23.9 Å². The highest BCUT2D eigenvalue weighted by Gasteiger charge is 2.79. The molecule has 10 heteroatoms. The first-order valence-electron chi connectivity index (χ1n) is 13.4. The molecule has 38 heavy (non-hydrogen) atoms. The van der Waals surface area contributed by atoms with Crippen LogP contribution < -0.4 is 0 Å². The second-order valence-electron chi connectivity index (χ2n) is 12.1. The first-order valence-corrected chi connectivity index (χ1v) is 13.4. The minimum atomic E-state index is -2.37. The number of halogens is 3. The summed E-state index contributed by atoms with van der Waals surface area (Å²) in [6, 6.07) is 0. The van der Waals surface area contributed by atoms with E-state index in [0.29, 0.717) is 12.8 Å². The molecule has 0 saturated heterocycles. The Morgan fingerprint density at radius 1 is 1.16 bits per heavy atom. The predicted molar refractivity (Wildman–Crippen MR) is 128 cm³/mol. The van der Waals surface area contributed by atoms with Gasteiger partial charge in [0.1, 0.15) is 12.3 Å². The van der Waals surface area contributed by atoms with Gasteiger partial charge in [0, 0.05) is 22.7 Å². The fraction of sp³-hybridized carbons (Fsp3) is 0.750. The molecule has 0 radical (unpaired) electrons. The van der Waals surface area contributed by atoms with Crippen molar-refractivity contribution in [3.05, 3.63) is 23.8 Å². The topological polar surface area (TPSA) is 99.1 Å². The van der Waals surface area contributed by atoms with Crippen molar-refractivity contribution in [3.8, 4) is 0 Å². The van der Waals surface area contributed by atoms with Gasteiger partial charge in [0.15, 0.2) is 11.5 Å². The van der Waals surface area contributed by atoms with Crippen molar-refractivity contribution in [1.29, 1.82) is 0 Å². The van der Waals surface area contributed by atoms with E-state index >= 15 is 8.78 Å². The van der Waals surface area contributed by atoms with Crippen molar-refractivity contribution < 1.29 is 46.9 Å². The third-order valence-corrected chi connectivity index (χ3v) is 10.5. The molecule has 5 aliphatic rings. The summed E-state index contributed by atoms with van der Waals surface area (Å²) < 4.78 is 62.4. The minimum Gasteiger partial charge on any atom is -0.431 e. The Kier molecular flexibility index (Phi) is 6.52. The fourth-order valence-electron chi connectivity index (χ4n) is 8.67. The number of aliphatic hydroxyl groups excluding tert-OH is 1. The summed E-state index contributed by atoms with van der Waals surface area (Å²) in [6.07, 6.45) is 1.31. The number of ketones is 1. The lowest BCUT2D eigenvalue weighted by Crippen LogP contribution is -2.71. The van der Waals surface area contributed by atoms with Gasteiger partial charge in [-0.25, -0.2) is 22.8 Å². The molecular weight excluding hydrogens is 505 g/mol. The maximum absolute atomic E-state index is 17.4. The van der Waals surface area contributed by atoms with Crippen LogP contribution >= 0.6 is 0 Å². The maximum Gasteiger partial charge on any atom is 0.509 e. The van der Waals surface area contributed by atoms with Crippen molar-refractivity contribution >= 4 is 17.9 Å². The van der Waals surface area contributed by atoms with Gasteiger partial charge in [-0.2, -0.15) is 0 Å². The molecular formula is C28H35F3O7. The molecule has 0 aliphatic heterocycles. The summed E-state index contributed by atoms with van der Waals surface area (Å²) >= 11 is 0. The standard InChI is InChI=1S/C28H35F3O7/c1-15-10-18-19-12-21(30)20-11-16(32)8-9-25(20,2)27(19,31)22(33)13-26(18,3)28(15,23(34)36-14-29)38-24(35)37-17-6-4-5-7-17/h8-9,11,15,17-19,21-22,33H,4-7,10,12-14H2,1-3H3/t15-,18+,19+,21+,22+,25+,26+,27?,28-/m1/s1. The van der Waals surface area contributed by atoms with E-state index in [1.807, 2.05) is 0 Å². The molecule has 0 aromatic rings. The zero-order chi connectivity index (χ0) is 27.7. The lowest BCUT2D eigenvalue weighted by Gasteiger charge is -2.62. The number of alkyl halides is 3. The Bertz CT molecular complexity index is 1090. The molecule has 210 valence electrons. The number of rotatable bonds is 4. The zero-order valence-electron chi connectivity index (χ0n) is 21.9. The smallest absolute Gasteiger partial charge is 0.431 e. The summed E-state index contributed by atoms with van der Waals surface area (Å²) in [5.74, 6) is -4.19. The number of fused-ring (bicyclic) bond motifs is 5. The van der Waals surface area contributed by atoms with Crippen LogP contribution in [0, 0.1) is 28.6 Å². The van der Waals surface area contributed by atoms with Gasteiger partial charge in [0.05, 0.1) is 6.10 Å². The van der Waals surface area contributed by atoms with E-state index < -0.39 is 76.9 Å². The van der Waals surface area contributed by atoms with Crippen molar-refractivity contribution in [2.75, 3.05) is 6.86 Å². The van der Waals surface area contributed by atoms with Crippen LogP contribution in [0.1, 0.15) is 65.7 Å². The van der Waals surface area contributed by atoms with Crippen molar-refractivity contribution in [2.24, 2.45) is 28.6 Å². The quantitative estimate of drug-likeness (QED) is 0.509. The minimum absolute atomic E-state index is 0.0167. The molecule has 0 heterocycles. The summed E-state index contributed by atoms with van der Waals surface area (Å²) in [6.45, 7) is 3.23. The molecule has 0 aromatic heterocycles. The van der Waals surface area contributed by atoms with Crippen LogP contribution in [0.4, 0.5) is 18.0 Å². The van der Waals surface area contributed by atoms with Gasteiger partial charge >= 0.3 is 12.1 Å². The van der Waals surface area contributed by atoms with E-state index in [1.165, 1.54) is 19.1 Å². The molecule has 0 spiro atoms. The van der Waals surface area contributed by atoms with Gasteiger partial charge in [-0.15, -0.1) is 0 Å². The Labute approximate surface area is 219 Å². The monoisotopic (exact) mass is 540 g/mol. The molecule has 5 aliphatic carbocycles. The molecule has 7 nitrogen and oxygen atoms in total. The number of carbonyl (C=O) groups excluding carboxylic acids is 3. The number of hydrogen-bond acceptors (Lipinski definition) is 7. The number of aliphatic hydroxyl groups is 1. The number of allylic oxidation sites excluding steroid dienone is 4. The van der Waals surface area contributed by atoms with Crippen LogP contribution in [-0.2, 0) is 23.8 Å². The summed E-state index contributed by atoms with van der Waals surface area (Å²) in [5, 5.41) is 11.5. The van der Waals surface area contributed by atoms with Crippen LogP contribution in [0.2, 0.25) is 0 Å². The number of hydrogen-bond donors (Lipinski definition) is 1. The highest BCUT2D eigenvalue weighted by molar-refractivity contribution is 6.01. The molecule has 5 rings (SSSR count). The van der Waals surface area contributed by atoms with Gasteiger partial charge in [0.2, 0.25) is 12.5 Å². The third-order valence-electron chi connectivity index (χ3n) is 10.5. The lowest BCUT2D eigenvalue weighted by atomic mass is 9.44. The van der Waals surface area contributed by atoms with Gasteiger partial charge in [-0.05, 0) is 75.5 Å². The fourth-order valence-corrected chi connectivity index (χ4v) is 8.67. The van der Waals surface area contributed by atoms with E-state index in [4.69, 9.17) is 14.2 Å². The largest absolute Gasteiger partial charge is 0.509 e. The van der Waals surface area contributed by atoms with E-state index in [1.54, 1.807) is 13.8 Å². The normalized spacial score (nSPS) is 46.0. The highest BCUT2D eigenvalue weighted by atomic mass is 19.1. The third kappa shape index (κ3) is 3.47. The Balaban J connectivity index is 1.57. The molecule has 0 aromatic carbocycles. The molecule has 0 amide bonds. The van der Waals surface area contributed by atoms with Crippen LogP contribution in [-0.4, -0.2) is 59.5 Å². The van der Waals surface area contributed by atoms with Crippen LogP contribution in [0.25, 0.3) is 0 Å². The van der Waals surface area contributed by atoms with E-state index in [0.717, 1.165) is 18.9 Å². The van der Waals surface area contributed by atoms with Crippen molar-refractivity contribution in [2.45, 2.75) is 95.4 Å². The van der Waals surface area contributed by atoms with Crippen LogP contribution in [0.3, 0.4) is 0 Å². The number of ether oxygens (including phenoxy) is 3. The van der Waals surface area contributed by atoms with Gasteiger partial charge in [-0.1, -0.05) is 19.9 Å². The van der Waals surface area contributed by atoms with Crippen LogP contribution in [0.15, 0.2) is 23.8 Å². The lowest BCUT2D eigenvalue weighted by molar-refractivity contribution is -0.235. The van der Waals surface area contributed by atoms with Gasteiger partial charge in [-0.3, -0.25) is 4.79 Å². The first kappa shape index (κ1) is 27.2. The van der Waals surface area contributed by atoms with Gasteiger partial charge < -0.3 is 19.3 Å². The van der Waals surface area contributed by atoms with Crippen LogP contribution in [0.5, 0.6) is 0 Å². The molecule has 1 unspecified atom stereocenters. The predicted octanol–water partition coefficient (Wildman–Crippen LogP) is 4.86. The number of esters is 1. The average Bonchev–Trinajstić information content (AvgIpc) is 3.43. The van der Waals surface area contributed by atoms with Gasteiger partial charge in [0.25, 0.3) is 0 Å². The number of carbonyl (C=O) groups is 3. The van der Waals surface area contributed by atoms with E-state index in [2.05, 4.69) is 0 Å². The average molecular weight is 541 g/mol. The Hall–Kier alpha value is -2.36.